The fourth-order valence-electron chi connectivity index (χ4n) is 2.25. The minimum absolute atomic E-state index is 0.210. The van der Waals surface area contributed by atoms with Crippen LogP contribution in [0.4, 0.5) is 11.6 Å². The number of nitrogens with zero attached hydrogens (tertiary/aromatic N) is 2. The number of ether oxygens (including phenoxy) is 1. The minimum atomic E-state index is -0.404. The number of amides is 1. The largest absolute Gasteiger partial charge is 0.467 e. The highest BCUT2D eigenvalue weighted by atomic mass is 16.5. The second kappa shape index (κ2) is 8.61. The molecular formula is C19H18N4O4. The molecule has 0 bridgehead atoms. The van der Waals surface area contributed by atoms with Crippen LogP contribution in [0.2, 0.25) is 0 Å². The van der Waals surface area contributed by atoms with Gasteiger partial charge in [0.2, 0.25) is 5.95 Å². The van der Waals surface area contributed by atoms with Crippen LogP contribution in [0.25, 0.3) is 0 Å². The zero-order valence-electron chi connectivity index (χ0n) is 14.6. The van der Waals surface area contributed by atoms with Crippen molar-refractivity contribution in [2.24, 2.45) is 0 Å². The summed E-state index contributed by atoms with van der Waals surface area (Å²) in [6.45, 7) is 2.46. The molecular weight excluding hydrogens is 348 g/mol. The average Bonchev–Trinajstić information content (AvgIpc) is 3.21. The molecule has 1 aromatic carbocycles. The van der Waals surface area contributed by atoms with E-state index in [1.807, 2.05) is 6.07 Å². The van der Waals surface area contributed by atoms with Crippen LogP contribution in [-0.4, -0.2) is 28.5 Å². The van der Waals surface area contributed by atoms with Gasteiger partial charge in [0.15, 0.2) is 0 Å². The highest BCUT2D eigenvalue weighted by Gasteiger charge is 2.11. The first-order valence-corrected chi connectivity index (χ1v) is 8.33. The number of esters is 1. The summed E-state index contributed by atoms with van der Waals surface area (Å²) in [7, 11) is 0. The summed E-state index contributed by atoms with van der Waals surface area (Å²) in [5, 5.41) is 5.72. The van der Waals surface area contributed by atoms with Gasteiger partial charge < -0.3 is 19.8 Å². The van der Waals surface area contributed by atoms with Crippen LogP contribution < -0.4 is 10.6 Å². The molecule has 0 aliphatic heterocycles. The summed E-state index contributed by atoms with van der Waals surface area (Å²) in [5.74, 6) is 0.257. The lowest BCUT2D eigenvalue weighted by molar-refractivity contribution is 0.0526. The van der Waals surface area contributed by atoms with E-state index in [2.05, 4.69) is 20.6 Å². The van der Waals surface area contributed by atoms with E-state index in [-0.39, 0.29) is 11.6 Å². The minimum Gasteiger partial charge on any atom is -0.467 e. The molecule has 27 heavy (non-hydrogen) atoms. The monoisotopic (exact) mass is 366 g/mol. The van der Waals surface area contributed by atoms with Gasteiger partial charge in [-0.1, -0.05) is 0 Å². The molecule has 138 valence electrons. The number of carbonyl (C=O) groups excluding carboxylic acids is 2. The number of carbonyl (C=O) groups is 2. The van der Waals surface area contributed by atoms with Crippen molar-refractivity contribution in [2.75, 3.05) is 17.2 Å². The molecule has 0 saturated carbocycles. The van der Waals surface area contributed by atoms with Crippen molar-refractivity contribution >= 4 is 23.5 Å². The number of rotatable bonds is 7. The van der Waals surface area contributed by atoms with Gasteiger partial charge in [-0.15, -0.1) is 0 Å². The second-order valence-corrected chi connectivity index (χ2v) is 5.45. The van der Waals surface area contributed by atoms with E-state index < -0.39 is 5.97 Å². The molecule has 3 rings (SSSR count). The van der Waals surface area contributed by atoms with Crippen LogP contribution in [0.15, 0.2) is 59.3 Å². The van der Waals surface area contributed by atoms with E-state index in [0.29, 0.717) is 30.4 Å². The van der Waals surface area contributed by atoms with Crippen molar-refractivity contribution in [3.05, 3.63) is 71.9 Å². The van der Waals surface area contributed by atoms with Crippen molar-refractivity contribution in [3.8, 4) is 0 Å². The highest BCUT2D eigenvalue weighted by Crippen LogP contribution is 2.12. The molecule has 0 radical (unpaired) electrons. The fraction of sp³-hybridized carbons (Fsp3) is 0.158. The van der Waals surface area contributed by atoms with Gasteiger partial charge in [0, 0.05) is 11.9 Å². The molecule has 2 aromatic heterocycles. The summed E-state index contributed by atoms with van der Waals surface area (Å²) >= 11 is 0. The molecule has 0 atom stereocenters. The van der Waals surface area contributed by atoms with E-state index in [0.717, 1.165) is 5.76 Å². The predicted molar refractivity (Wildman–Crippen MR) is 98.4 cm³/mol. The lowest BCUT2D eigenvalue weighted by atomic mass is 10.2. The third-order valence-electron chi connectivity index (χ3n) is 3.54. The molecule has 0 aliphatic carbocycles. The molecule has 0 fully saturated rings. The van der Waals surface area contributed by atoms with E-state index in [9.17, 15) is 9.59 Å². The molecule has 8 heteroatoms. The summed E-state index contributed by atoms with van der Waals surface area (Å²) in [6.07, 6.45) is 3.07. The SMILES string of the molecule is CCOC(=O)c1ccc(NC(=O)c2ccnc(NCc3ccco3)n2)cc1. The normalized spacial score (nSPS) is 10.3. The third-order valence-corrected chi connectivity index (χ3v) is 3.54. The molecule has 0 unspecified atom stereocenters. The smallest absolute Gasteiger partial charge is 0.338 e. The van der Waals surface area contributed by atoms with Gasteiger partial charge >= 0.3 is 5.97 Å². The molecule has 2 heterocycles. The van der Waals surface area contributed by atoms with Crippen LogP contribution in [0.1, 0.15) is 33.5 Å². The number of nitrogens with one attached hydrogen (secondary N) is 2. The summed E-state index contributed by atoms with van der Waals surface area (Å²) in [5.41, 5.74) is 1.17. The van der Waals surface area contributed by atoms with Gasteiger partial charge in [-0.05, 0) is 49.4 Å². The lowest BCUT2D eigenvalue weighted by Crippen LogP contribution is -2.15. The van der Waals surface area contributed by atoms with Crippen molar-refractivity contribution in [1.29, 1.82) is 0 Å². The Balaban J connectivity index is 1.62. The predicted octanol–water partition coefficient (Wildman–Crippen LogP) is 3.11. The van der Waals surface area contributed by atoms with Crippen LogP contribution in [0.5, 0.6) is 0 Å². The van der Waals surface area contributed by atoms with E-state index in [1.54, 1.807) is 43.5 Å². The molecule has 3 aromatic rings. The molecule has 8 nitrogen and oxygen atoms in total. The summed E-state index contributed by atoms with van der Waals surface area (Å²) in [4.78, 5) is 32.3. The quantitative estimate of drug-likeness (QED) is 0.619. The topological polar surface area (TPSA) is 106 Å². The maximum atomic E-state index is 12.4. The average molecular weight is 366 g/mol. The Morgan fingerprint density at radius 2 is 1.96 bits per heavy atom. The van der Waals surface area contributed by atoms with Gasteiger partial charge in [-0.25, -0.2) is 14.8 Å². The Morgan fingerprint density at radius 3 is 2.67 bits per heavy atom. The number of hydrogen-bond donors (Lipinski definition) is 2. The summed E-state index contributed by atoms with van der Waals surface area (Å²) < 4.78 is 10.1. The van der Waals surface area contributed by atoms with Crippen molar-refractivity contribution in [1.82, 2.24) is 9.97 Å². The Labute approximate surface area is 155 Å². The summed E-state index contributed by atoms with van der Waals surface area (Å²) in [6, 6.07) is 11.6. The maximum Gasteiger partial charge on any atom is 0.338 e. The Bertz CT molecular complexity index is 908. The standard InChI is InChI=1S/C19H18N4O4/c1-2-26-18(25)13-5-7-14(8-6-13)22-17(24)16-9-10-20-19(23-16)21-12-15-4-3-11-27-15/h3-11H,2,12H2,1H3,(H,22,24)(H,20,21,23). The van der Waals surface area contributed by atoms with Crippen molar-refractivity contribution in [3.63, 3.8) is 0 Å². The first kappa shape index (κ1) is 18.1. The molecule has 1 amide bonds. The number of benzene rings is 1. The maximum absolute atomic E-state index is 12.4. The van der Waals surface area contributed by atoms with Gasteiger partial charge in [0.25, 0.3) is 5.91 Å². The number of hydrogen-bond acceptors (Lipinski definition) is 7. The molecule has 0 saturated heterocycles. The number of anilines is 2. The van der Waals surface area contributed by atoms with E-state index in [4.69, 9.17) is 9.15 Å². The van der Waals surface area contributed by atoms with Gasteiger partial charge in [0.05, 0.1) is 25.0 Å². The Hall–Kier alpha value is -3.68. The second-order valence-electron chi connectivity index (χ2n) is 5.45. The first-order chi connectivity index (χ1) is 13.2. The van der Waals surface area contributed by atoms with Crippen LogP contribution in [-0.2, 0) is 11.3 Å². The van der Waals surface area contributed by atoms with Crippen LogP contribution in [0.3, 0.4) is 0 Å². The highest BCUT2D eigenvalue weighted by molar-refractivity contribution is 6.03. The lowest BCUT2D eigenvalue weighted by Gasteiger charge is -2.07. The van der Waals surface area contributed by atoms with Crippen LogP contribution >= 0.6 is 0 Å². The molecule has 0 spiro atoms. The van der Waals surface area contributed by atoms with Gasteiger partial charge in [0.1, 0.15) is 11.5 Å². The van der Waals surface area contributed by atoms with Crippen molar-refractivity contribution in [2.45, 2.75) is 13.5 Å². The fourth-order valence-corrected chi connectivity index (χ4v) is 2.25. The zero-order valence-corrected chi connectivity index (χ0v) is 14.6. The zero-order chi connectivity index (χ0) is 19.1. The van der Waals surface area contributed by atoms with Crippen LogP contribution in [0, 0.1) is 0 Å². The first-order valence-electron chi connectivity index (χ1n) is 8.33. The molecule has 2 N–H and O–H groups in total. The Morgan fingerprint density at radius 1 is 1.15 bits per heavy atom. The van der Waals surface area contributed by atoms with Gasteiger partial charge in [-0.2, -0.15) is 0 Å². The van der Waals surface area contributed by atoms with Gasteiger partial charge in [-0.3, -0.25) is 4.79 Å². The number of furan rings is 1. The third kappa shape index (κ3) is 4.91. The van der Waals surface area contributed by atoms with Crippen molar-refractivity contribution < 1.29 is 18.7 Å². The van der Waals surface area contributed by atoms with E-state index >= 15 is 0 Å². The molecule has 0 aliphatic rings. The Kier molecular flexibility index (Phi) is 5.78. The van der Waals surface area contributed by atoms with E-state index in [1.165, 1.54) is 12.3 Å². The number of aromatic nitrogens is 2.